The predicted octanol–water partition coefficient (Wildman–Crippen LogP) is 3.63. The minimum Gasteiger partial charge on any atom is -0.384 e. The van der Waals surface area contributed by atoms with Crippen molar-refractivity contribution < 1.29 is 4.39 Å². The normalized spacial score (nSPS) is 10.8. The summed E-state index contributed by atoms with van der Waals surface area (Å²) in [4.78, 5) is 0. The van der Waals surface area contributed by atoms with Crippen molar-refractivity contribution in [1.82, 2.24) is 9.78 Å². The van der Waals surface area contributed by atoms with Crippen LogP contribution in [0.4, 0.5) is 10.2 Å². The van der Waals surface area contributed by atoms with Crippen LogP contribution in [0.2, 0.25) is 0 Å². The molecule has 0 atom stereocenters. The van der Waals surface area contributed by atoms with E-state index >= 15 is 0 Å². The zero-order valence-electron chi connectivity index (χ0n) is 11.8. The Labute approximate surface area is 122 Å². The largest absolute Gasteiger partial charge is 0.384 e. The highest BCUT2D eigenvalue weighted by molar-refractivity contribution is 5.65. The van der Waals surface area contributed by atoms with E-state index in [-0.39, 0.29) is 5.82 Å². The summed E-state index contributed by atoms with van der Waals surface area (Å²) in [6, 6.07) is 16.3. The van der Waals surface area contributed by atoms with Gasteiger partial charge in [-0.05, 0) is 30.2 Å². The van der Waals surface area contributed by atoms with Gasteiger partial charge < -0.3 is 5.73 Å². The number of hydrogen-bond donors (Lipinski definition) is 1. The van der Waals surface area contributed by atoms with Crippen LogP contribution in [0.25, 0.3) is 11.3 Å². The second kappa shape index (κ2) is 5.40. The summed E-state index contributed by atoms with van der Waals surface area (Å²) in [7, 11) is 0. The average Bonchev–Trinajstić information content (AvgIpc) is 2.80. The van der Waals surface area contributed by atoms with Crippen LogP contribution < -0.4 is 5.73 Å². The van der Waals surface area contributed by atoms with E-state index in [1.54, 1.807) is 10.7 Å². The lowest BCUT2D eigenvalue weighted by Gasteiger charge is -2.04. The highest BCUT2D eigenvalue weighted by atomic mass is 19.1. The zero-order chi connectivity index (χ0) is 14.8. The van der Waals surface area contributed by atoms with Crippen molar-refractivity contribution in [2.24, 2.45) is 0 Å². The van der Waals surface area contributed by atoms with Gasteiger partial charge in [0.1, 0.15) is 11.6 Å². The molecule has 0 bridgehead atoms. The lowest BCUT2D eigenvalue weighted by Crippen LogP contribution is -2.06. The Kier molecular flexibility index (Phi) is 3.44. The fourth-order valence-corrected chi connectivity index (χ4v) is 2.36. The summed E-state index contributed by atoms with van der Waals surface area (Å²) < 4.78 is 14.9. The van der Waals surface area contributed by atoms with Gasteiger partial charge in [-0.1, -0.05) is 36.4 Å². The molecule has 2 aromatic carbocycles. The third-order valence-corrected chi connectivity index (χ3v) is 3.45. The molecule has 3 aromatic rings. The van der Waals surface area contributed by atoms with Crippen molar-refractivity contribution >= 4 is 5.82 Å². The molecule has 0 aliphatic carbocycles. The number of nitrogens with two attached hydrogens (primary N) is 1. The standard InChI is InChI=1S/C17H16FN3/c1-12-5-2-3-8-15(12)16-10-17(19)21(20-16)11-13-6-4-7-14(18)9-13/h2-10H,11,19H2,1H3. The Hall–Kier alpha value is -2.62. The van der Waals surface area contributed by atoms with Crippen molar-refractivity contribution in [3.05, 3.63) is 71.5 Å². The molecular weight excluding hydrogens is 265 g/mol. The Morgan fingerprint density at radius 3 is 2.67 bits per heavy atom. The van der Waals surface area contributed by atoms with Gasteiger partial charge in [-0.25, -0.2) is 9.07 Å². The van der Waals surface area contributed by atoms with E-state index in [2.05, 4.69) is 5.10 Å². The van der Waals surface area contributed by atoms with Gasteiger partial charge >= 0.3 is 0 Å². The summed E-state index contributed by atoms with van der Waals surface area (Å²) in [5.74, 6) is 0.315. The monoisotopic (exact) mass is 281 g/mol. The van der Waals surface area contributed by atoms with Gasteiger partial charge in [-0.15, -0.1) is 0 Å². The number of benzene rings is 2. The van der Waals surface area contributed by atoms with E-state index in [1.165, 1.54) is 12.1 Å². The highest BCUT2D eigenvalue weighted by Crippen LogP contribution is 2.24. The van der Waals surface area contributed by atoms with Crippen molar-refractivity contribution in [2.75, 3.05) is 5.73 Å². The molecule has 0 saturated carbocycles. The molecule has 3 rings (SSSR count). The predicted molar refractivity (Wildman–Crippen MR) is 82.3 cm³/mol. The maximum Gasteiger partial charge on any atom is 0.123 e. The van der Waals surface area contributed by atoms with Gasteiger partial charge in [0.2, 0.25) is 0 Å². The summed E-state index contributed by atoms with van der Waals surface area (Å²) in [6.45, 7) is 2.49. The molecule has 21 heavy (non-hydrogen) atoms. The van der Waals surface area contributed by atoms with Crippen LogP contribution in [-0.4, -0.2) is 9.78 Å². The first-order chi connectivity index (χ1) is 10.1. The Balaban J connectivity index is 1.93. The molecule has 1 aromatic heterocycles. The molecule has 2 N–H and O–H groups in total. The SMILES string of the molecule is Cc1ccccc1-c1cc(N)n(Cc2cccc(F)c2)n1. The number of aromatic nitrogens is 2. The number of nitrogens with zero attached hydrogens (tertiary/aromatic N) is 2. The number of rotatable bonds is 3. The fraction of sp³-hybridized carbons (Fsp3) is 0.118. The molecule has 1 heterocycles. The van der Waals surface area contributed by atoms with Gasteiger partial charge in [-0.2, -0.15) is 5.10 Å². The van der Waals surface area contributed by atoms with E-state index in [9.17, 15) is 4.39 Å². The zero-order valence-corrected chi connectivity index (χ0v) is 11.8. The highest BCUT2D eigenvalue weighted by Gasteiger charge is 2.09. The Morgan fingerprint density at radius 2 is 1.90 bits per heavy atom. The van der Waals surface area contributed by atoms with Crippen LogP contribution in [-0.2, 0) is 6.54 Å². The van der Waals surface area contributed by atoms with Crippen LogP contribution in [0.3, 0.4) is 0 Å². The Bertz CT molecular complexity index is 777. The second-order valence-corrected chi connectivity index (χ2v) is 5.06. The maximum absolute atomic E-state index is 13.2. The van der Waals surface area contributed by atoms with E-state index in [0.717, 1.165) is 22.4 Å². The van der Waals surface area contributed by atoms with Crippen LogP contribution in [0.15, 0.2) is 54.6 Å². The third-order valence-electron chi connectivity index (χ3n) is 3.45. The number of nitrogen functional groups attached to an aromatic ring is 1. The number of aryl methyl sites for hydroxylation is 1. The van der Waals surface area contributed by atoms with Crippen molar-refractivity contribution in [3.63, 3.8) is 0 Å². The minimum atomic E-state index is -0.252. The molecule has 0 fully saturated rings. The van der Waals surface area contributed by atoms with Gasteiger partial charge in [0, 0.05) is 11.6 Å². The van der Waals surface area contributed by atoms with Crippen molar-refractivity contribution in [3.8, 4) is 11.3 Å². The van der Waals surface area contributed by atoms with Gasteiger partial charge in [-0.3, -0.25) is 0 Å². The van der Waals surface area contributed by atoms with Crippen molar-refractivity contribution in [2.45, 2.75) is 13.5 Å². The lowest BCUT2D eigenvalue weighted by molar-refractivity contribution is 0.620. The fourth-order valence-electron chi connectivity index (χ4n) is 2.36. The van der Waals surface area contributed by atoms with E-state index in [1.807, 2.05) is 43.3 Å². The van der Waals surface area contributed by atoms with Crippen molar-refractivity contribution in [1.29, 1.82) is 0 Å². The average molecular weight is 281 g/mol. The molecule has 3 nitrogen and oxygen atoms in total. The second-order valence-electron chi connectivity index (χ2n) is 5.06. The smallest absolute Gasteiger partial charge is 0.123 e. The summed E-state index contributed by atoms with van der Waals surface area (Å²) in [5, 5.41) is 4.54. The molecule has 0 aliphatic rings. The van der Waals surface area contributed by atoms with Crippen LogP contribution >= 0.6 is 0 Å². The third kappa shape index (κ3) is 2.79. The molecule has 0 radical (unpaired) electrons. The molecular formula is C17H16FN3. The molecule has 106 valence electrons. The maximum atomic E-state index is 13.2. The first kappa shape index (κ1) is 13.4. The summed E-state index contributed by atoms with van der Waals surface area (Å²) in [5.41, 5.74) is 9.89. The van der Waals surface area contributed by atoms with E-state index in [4.69, 9.17) is 5.73 Å². The summed E-state index contributed by atoms with van der Waals surface area (Å²) >= 11 is 0. The van der Waals surface area contributed by atoms with Gasteiger partial charge in [0.25, 0.3) is 0 Å². The Morgan fingerprint density at radius 1 is 1.10 bits per heavy atom. The summed E-state index contributed by atoms with van der Waals surface area (Å²) in [6.07, 6.45) is 0. The molecule has 4 heteroatoms. The first-order valence-electron chi connectivity index (χ1n) is 6.77. The molecule has 0 unspecified atom stereocenters. The van der Waals surface area contributed by atoms with E-state index < -0.39 is 0 Å². The number of hydrogen-bond acceptors (Lipinski definition) is 2. The lowest BCUT2D eigenvalue weighted by atomic mass is 10.1. The van der Waals surface area contributed by atoms with Gasteiger partial charge in [0.05, 0.1) is 12.2 Å². The minimum absolute atomic E-state index is 0.252. The molecule has 0 saturated heterocycles. The van der Waals surface area contributed by atoms with Crippen LogP contribution in [0.5, 0.6) is 0 Å². The number of anilines is 1. The number of halogens is 1. The molecule has 0 aliphatic heterocycles. The molecule has 0 spiro atoms. The van der Waals surface area contributed by atoms with E-state index in [0.29, 0.717) is 12.4 Å². The topological polar surface area (TPSA) is 43.8 Å². The quantitative estimate of drug-likeness (QED) is 0.796. The molecule has 0 amide bonds. The van der Waals surface area contributed by atoms with Crippen LogP contribution in [0, 0.1) is 12.7 Å². The van der Waals surface area contributed by atoms with Crippen LogP contribution in [0.1, 0.15) is 11.1 Å². The first-order valence-corrected chi connectivity index (χ1v) is 6.77. The van der Waals surface area contributed by atoms with Gasteiger partial charge in [0.15, 0.2) is 0 Å².